The third-order valence-corrected chi connectivity index (χ3v) is 0.594. The first-order valence-corrected chi connectivity index (χ1v) is 2.67. The topological polar surface area (TPSA) is 0 Å². The minimum Gasteiger partial charge on any atom is -0.0990 e. The average Bonchev–Trinajstić information content (AvgIpc) is 1.81. The Bertz CT molecular complexity index is 130. The van der Waals surface area contributed by atoms with E-state index in [0.29, 0.717) is 0 Å². The predicted molar refractivity (Wildman–Crippen MR) is 37.4 cm³/mol. The highest BCUT2D eigenvalue weighted by molar-refractivity contribution is 5.18. The molecule has 0 aliphatic heterocycles. The van der Waals surface area contributed by atoms with Crippen LogP contribution in [0.15, 0.2) is 24.8 Å². The van der Waals surface area contributed by atoms with Crippen LogP contribution >= 0.6 is 0 Å². The van der Waals surface area contributed by atoms with Crippen molar-refractivity contribution in [2.24, 2.45) is 0 Å². The number of hydrogen-bond acceptors (Lipinski definition) is 0. The van der Waals surface area contributed by atoms with E-state index in [2.05, 4.69) is 18.4 Å². The van der Waals surface area contributed by atoms with Crippen LogP contribution in [0.2, 0.25) is 0 Å². The van der Waals surface area contributed by atoms with Crippen LogP contribution in [-0.4, -0.2) is 0 Å². The lowest BCUT2D eigenvalue weighted by atomic mass is 10.4. The summed E-state index contributed by atoms with van der Waals surface area (Å²) in [5.41, 5.74) is 0. The first-order chi connectivity index (χ1) is 3.91. The van der Waals surface area contributed by atoms with Gasteiger partial charge in [-0.15, -0.1) is 0 Å². The van der Waals surface area contributed by atoms with E-state index in [4.69, 9.17) is 0 Å². The van der Waals surface area contributed by atoms with E-state index in [9.17, 15) is 0 Å². The fraction of sp³-hybridized carbons (Fsp3) is 0.250. The first-order valence-electron chi connectivity index (χ1n) is 2.67. The molecule has 0 aliphatic rings. The van der Waals surface area contributed by atoms with Gasteiger partial charge in [0.15, 0.2) is 0 Å². The fourth-order valence-corrected chi connectivity index (χ4v) is 0.277. The van der Waals surface area contributed by atoms with Crippen LogP contribution in [0.3, 0.4) is 0 Å². The minimum atomic E-state index is 0.918. The minimum absolute atomic E-state index is 0.918. The third kappa shape index (κ3) is 5.04. The Labute approximate surface area is 50.9 Å². The Kier molecular flexibility index (Phi) is 5.32. The molecule has 42 valence electrons. The molecule has 0 aromatic carbocycles. The highest BCUT2D eigenvalue weighted by atomic mass is 13.6. The second kappa shape index (κ2) is 6.04. The van der Waals surface area contributed by atoms with Crippen LogP contribution in [0.4, 0.5) is 0 Å². The number of hydrogen-bond donors (Lipinski definition) is 0. The molecule has 0 radical (unpaired) electrons. The molecule has 0 aromatic heterocycles. The maximum atomic E-state index is 3.50. The molecule has 0 amide bonds. The van der Waals surface area contributed by atoms with Crippen molar-refractivity contribution in [2.45, 2.75) is 13.3 Å². The van der Waals surface area contributed by atoms with E-state index in [1.165, 1.54) is 0 Å². The van der Waals surface area contributed by atoms with Gasteiger partial charge in [0, 0.05) is 6.42 Å². The maximum absolute atomic E-state index is 3.50. The SMILES string of the molecule is C=CC=CC#CCC. The van der Waals surface area contributed by atoms with Gasteiger partial charge in [-0.1, -0.05) is 37.5 Å². The Balaban J connectivity index is 3.40. The zero-order valence-corrected chi connectivity index (χ0v) is 5.15. The van der Waals surface area contributed by atoms with Crippen molar-refractivity contribution in [1.82, 2.24) is 0 Å². The highest BCUT2D eigenvalue weighted by Crippen LogP contribution is 1.71. The molecule has 8 heavy (non-hydrogen) atoms. The van der Waals surface area contributed by atoms with Gasteiger partial charge in [-0.05, 0) is 6.08 Å². The second-order valence-electron chi connectivity index (χ2n) is 1.27. The van der Waals surface area contributed by atoms with Gasteiger partial charge in [-0.25, -0.2) is 0 Å². The summed E-state index contributed by atoms with van der Waals surface area (Å²) in [5, 5.41) is 0. The average molecular weight is 106 g/mol. The molecule has 0 saturated heterocycles. The molecular formula is C8H10. The van der Waals surface area contributed by atoms with Gasteiger partial charge in [0.05, 0.1) is 0 Å². The lowest BCUT2D eigenvalue weighted by molar-refractivity contribution is 1.28. The van der Waals surface area contributed by atoms with Crippen molar-refractivity contribution in [3.05, 3.63) is 24.8 Å². The van der Waals surface area contributed by atoms with Crippen molar-refractivity contribution in [1.29, 1.82) is 0 Å². The molecule has 0 bridgehead atoms. The molecule has 0 aliphatic carbocycles. The molecule has 0 fully saturated rings. The van der Waals surface area contributed by atoms with E-state index >= 15 is 0 Å². The van der Waals surface area contributed by atoms with Gasteiger partial charge in [-0.2, -0.15) is 0 Å². The monoisotopic (exact) mass is 106 g/mol. The summed E-state index contributed by atoms with van der Waals surface area (Å²) in [6.45, 7) is 5.53. The molecule has 0 rings (SSSR count). The van der Waals surface area contributed by atoms with Crippen LogP contribution in [0.1, 0.15) is 13.3 Å². The summed E-state index contributed by atoms with van der Waals surface area (Å²) in [4.78, 5) is 0. The maximum Gasteiger partial charge on any atom is 0.00637 e. The molecule has 0 heterocycles. The van der Waals surface area contributed by atoms with Gasteiger partial charge >= 0.3 is 0 Å². The van der Waals surface area contributed by atoms with Crippen LogP contribution in [-0.2, 0) is 0 Å². The number of rotatable bonds is 1. The molecular weight excluding hydrogens is 96.1 g/mol. The van der Waals surface area contributed by atoms with E-state index in [1.54, 1.807) is 12.2 Å². The van der Waals surface area contributed by atoms with Crippen LogP contribution in [0, 0.1) is 11.8 Å². The molecule has 0 N–H and O–H groups in total. The lowest BCUT2D eigenvalue weighted by Gasteiger charge is -1.65. The molecule has 0 unspecified atom stereocenters. The number of allylic oxidation sites excluding steroid dienone is 3. The molecule has 0 aromatic rings. The van der Waals surface area contributed by atoms with Crippen LogP contribution in [0.25, 0.3) is 0 Å². The van der Waals surface area contributed by atoms with Crippen molar-refractivity contribution in [3.63, 3.8) is 0 Å². The van der Waals surface area contributed by atoms with E-state index in [0.717, 1.165) is 6.42 Å². The summed E-state index contributed by atoms with van der Waals surface area (Å²) in [6, 6.07) is 0. The summed E-state index contributed by atoms with van der Waals surface area (Å²) < 4.78 is 0. The summed E-state index contributed by atoms with van der Waals surface area (Å²) in [7, 11) is 0. The second-order valence-corrected chi connectivity index (χ2v) is 1.27. The van der Waals surface area contributed by atoms with Gasteiger partial charge in [0.2, 0.25) is 0 Å². The van der Waals surface area contributed by atoms with Crippen molar-refractivity contribution < 1.29 is 0 Å². The normalized spacial score (nSPS) is 8.12. The molecule has 0 atom stereocenters. The fourth-order valence-electron chi connectivity index (χ4n) is 0.277. The van der Waals surface area contributed by atoms with Crippen LogP contribution in [0.5, 0.6) is 0 Å². The van der Waals surface area contributed by atoms with Gasteiger partial charge in [-0.3, -0.25) is 0 Å². The van der Waals surface area contributed by atoms with Gasteiger partial charge < -0.3 is 0 Å². The standard InChI is InChI=1S/C8H10/c1-3-5-7-8-6-4-2/h3,5,7H,1,4H2,2H3. The first kappa shape index (κ1) is 7.04. The van der Waals surface area contributed by atoms with Crippen molar-refractivity contribution >= 4 is 0 Å². The largest absolute Gasteiger partial charge is 0.0990 e. The van der Waals surface area contributed by atoms with Gasteiger partial charge in [0.25, 0.3) is 0 Å². The lowest BCUT2D eigenvalue weighted by Crippen LogP contribution is -1.50. The zero-order valence-electron chi connectivity index (χ0n) is 5.15. The Hall–Kier alpha value is -0.960. The quantitative estimate of drug-likeness (QED) is 0.355. The van der Waals surface area contributed by atoms with Crippen molar-refractivity contribution in [2.75, 3.05) is 0 Å². The molecule has 0 saturated carbocycles. The van der Waals surface area contributed by atoms with E-state index < -0.39 is 0 Å². The highest BCUT2D eigenvalue weighted by Gasteiger charge is 1.55. The smallest absolute Gasteiger partial charge is 0.00637 e. The molecule has 0 heteroatoms. The van der Waals surface area contributed by atoms with E-state index in [1.807, 2.05) is 13.0 Å². The zero-order chi connectivity index (χ0) is 6.24. The van der Waals surface area contributed by atoms with Crippen molar-refractivity contribution in [3.8, 4) is 11.8 Å². The summed E-state index contributed by atoms with van der Waals surface area (Å²) in [5.74, 6) is 5.73. The Morgan fingerprint density at radius 3 is 2.88 bits per heavy atom. The Morgan fingerprint density at radius 2 is 2.38 bits per heavy atom. The predicted octanol–water partition coefficient (Wildman–Crippen LogP) is 2.14. The summed E-state index contributed by atoms with van der Waals surface area (Å²) in [6.07, 6.45) is 6.24. The molecule has 0 spiro atoms. The van der Waals surface area contributed by atoms with Gasteiger partial charge in [0.1, 0.15) is 0 Å². The Morgan fingerprint density at radius 1 is 1.62 bits per heavy atom. The third-order valence-electron chi connectivity index (χ3n) is 0.594. The molecule has 0 nitrogen and oxygen atoms in total. The van der Waals surface area contributed by atoms with Crippen LogP contribution < -0.4 is 0 Å². The summed E-state index contributed by atoms with van der Waals surface area (Å²) >= 11 is 0. The van der Waals surface area contributed by atoms with E-state index in [-0.39, 0.29) is 0 Å².